The first-order valence-corrected chi connectivity index (χ1v) is 9.48. The van der Waals surface area contributed by atoms with Crippen molar-refractivity contribution in [2.75, 3.05) is 45.1 Å². The zero-order valence-electron chi connectivity index (χ0n) is 16.4. The summed E-state index contributed by atoms with van der Waals surface area (Å²) >= 11 is 0. The van der Waals surface area contributed by atoms with Crippen molar-refractivity contribution in [3.8, 4) is 0 Å². The van der Waals surface area contributed by atoms with Crippen LogP contribution in [-0.2, 0) is 4.79 Å². The van der Waals surface area contributed by atoms with Crippen molar-refractivity contribution in [2.45, 2.75) is 33.2 Å². The first kappa shape index (κ1) is 20.4. The Hall–Kier alpha value is -1.92. The van der Waals surface area contributed by atoms with Gasteiger partial charge in [-0.25, -0.2) is 0 Å². The van der Waals surface area contributed by atoms with Gasteiger partial charge in [0.1, 0.15) is 0 Å². The number of piperazine rings is 1. The summed E-state index contributed by atoms with van der Waals surface area (Å²) in [4.78, 5) is 29.0. The maximum atomic E-state index is 12.4. The first-order chi connectivity index (χ1) is 12.4. The van der Waals surface area contributed by atoms with Crippen LogP contribution in [-0.4, -0.2) is 67.4 Å². The highest BCUT2D eigenvalue weighted by Gasteiger charge is 2.19. The van der Waals surface area contributed by atoms with Crippen molar-refractivity contribution >= 4 is 17.5 Å². The van der Waals surface area contributed by atoms with Crippen LogP contribution < -0.4 is 10.6 Å². The van der Waals surface area contributed by atoms with Gasteiger partial charge in [0.15, 0.2) is 0 Å². The second-order valence-electron chi connectivity index (χ2n) is 7.46. The summed E-state index contributed by atoms with van der Waals surface area (Å²) in [6.45, 7) is 10.9. The van der Waals surface area contributed by atoms with E-state index in [4.69, 9.17) is 0 Å². The lowest BCUT2D eigenvalue weighted by Crippen LogP contribution is -2.48. The highest BCUT2D eigenvalue weighted by atomic mass is 16.2. The summed E-state index contributed by atoms with van der Waals surface area (Å²) in [6.07, 6.45) is 0.930. The molecular weight excluding hydrogens is 328 g/mol. The molecule has 144 valence electrons. The number of rotatable bonds is 7. The molecule has 6 nitrogen and oxygen atoms in total. The van der Waals surface area contributed by atoms with Crippen LogP contribution in [0, 0.1) is 5.92 Å². The predicted octanol–water partition coefficient (Wildman–Crippen LogP) is 2.04. The molecule has 26 heavy (non-hydrogen) atoms. The van der Waals surface area contributed by atoms with Crippen LogP contribution in [0.1, 0.15) is 37.6 Å². The number of amides is 2. The summed E-state index contributed by atoms with van der Waals surface area (Å²) in [5.74, 6) is -0.247. The van der Waals surface area contributed by atoms with Crippen molar-refractivity contribution in [1.29, 1.82) is 0 Å². The molecule has 1 saturated heterocycles. The van der Waals surface area contributed by atoms with Gasteiger partial charge in [-0.2, -0.15) is 0 Å². The third-order valence-electron chi connectivity index (χ3n) is 4.93. The Labute approximate surface area is 156 Å². The molecular formula is C20H32N4O2. The molecule has 0 bridgehead atoms. The number of hydrogen-bond donors (Lipinski definition) is 2. The Morgan fingerprint density at radius 2 is 1.81 bits per heavy atom. The Balaban J connectivity index is 1.79. The third kappa shape index (κ3) is 6.11. The minimum absolute atomic E-state index is 0.0523. The van der Waals surface area contributed by atoms with Crippen molar-refractivity contribution in [3.05, 3.63) is 29.8 Å². The van der Waals surface area contributed by atoms with Crippen LogP contribution in [0.25, 0.3) is 0 Å². The maximum absolute atomic E-state index is 12.4. The summed E-state index contributed by atoms with van der Waals surface area (Å²) < 4.78 is 0. The number of hydrogen-bond acceptors (Lipinski definition) is 4. The van der Waals surface area contributed by atoms with E-state index < -0.39 is 0 Å². The van der Waals surface area contributed by atoms with Gasteiger partial charge in [-0.3, -0.25) is 14.5 Å². The molecule has 0 radical (unpaired) electrons. The van der Waals surface area contributed by atoms with Crippen LogP contribution in [0.3, 0.4) is 0 Å². The predicted molar refractivity (Wildman–Crippen MR) is 105 cm³/mol. The molecule has 0 aliphatic carbocycles. The van der Waals surface area contributed by atoms with E-state index in [1.807, 2.05) is 13.8 Å². The number of nitrogens with zero attached hydrogens (tertiary/aromatic N) is 2. The van der Waals surface area contributed by atoms with E-state index in [-0.39, 0.29) is 17.7 Å². The van der Waals surface area contributed by atoms with Crippen molar-refractivity contribution in [1.82, 2.24) is 15.1 Å². The molecule has 2 amide bonds. The molecule has 1 aliphatic heterocycles. The third-order valence-corrected chi connectivity index (χ3v) is 4.93. The van der Waals surface area contributed by atoms with Crippen LogP contribution in [0.2, 0.25) is 0 Å². The van der Waals surface area contributed by atoms with E-state index in [2.05, 4.69) is 34.4 Å². The fraction of sp³-hybridized carbons (Fsp3) is 0.600. The Morgan fingerprint density at radius 3 is 2.46 bits per heavy atom. The molecule has 1 atom stereocenters. The monoisotopic (exact) mass is 360 g/mol. The summed E-state index contributed by atoms with van der Waals surface area (Å²) in [7, 11) is 2.15. The van der Waals surface area contributed by atoms with Gasteiger partial charge >= 0.3 is 0 Å². The molecule has 0 saturated carbocycles. The van der Waals surface area contributed by atoms with Crippen LogP contribution in [0.5, 0.6) is 0 Å². The van der Waals surface area contributed by atoms with Crippen molar-refractivity contribution < 1.29 is 9.59 Å². The van der Waals surface area contributed by atoms with Gasteiger partial charge in [-0.15, -0.1) is 0 Å². The second kappa shape index (κ2) is 9.69. The van der Waals surface area contributed by atoms with E-state index in [0.717, 1.165) is 32.6 Å². The fourth-order valence-electron chi connectivity index (χ4n) is 2.97. The zero-order valence-corrected chi connectivity index (χ0v) is 16.4. The molecule has 1 aliphatic rings. The van der Waals surface area contributed by atoms with E-state index in [1.165, 1.54) is 0 Å². The second-order valence-corrected chi connectivity index (χ2v) is 7.46. The van der Waals surface area contributed by atoms with Crippen LogP contribution in [0.4, 0.5) is 5.69 Å². The molecule has 2 rings (SSSR count). The summed E-state index contributed by atoms with van der Waals surface area (Å²) in [6, 6.07) is 7.54. The Kier molecular flexibility index (Phi) is 7.60. The van der Waals surface area contributed by atoms with Crippen molar-refractivity contribution in [2.24, 2.45) is 5.92 Å². The molecule has 1 fully saturated rings. The molecule has 1 aromatic rings. The van der Waals surface area contributed by atoms with Crippen LogP contribution in [0.15, 0.2) is 24.3 Å². The minimum atomic E-state index is -0.101. The van der Waals surface area contributed by atoms with Crippen molar-refractivity contribution in [3.63, 3.8) is 0 Å². The van der Waals surface area contributed by atoms with Gasteiger partial charge in [-0.05, 0) is 38.6 Å². The maximum Gasteiger partial charge on any atom is 0.251 e. The van der Waals surface area contributed by atoms with Gasteiger partial charge in [0.05, 0.1) is 0 Å². The molecule has 0 aromatic heterocycles. The smallest absolute Gasteiger partial charge is 0.251 e. The van der Waals surface area contributed by atoms with Gasteiger partial charge in [0.25, 0.3) is 5.91 Å². The van der Waals surface area contributed by atoms with E-state index in [0.29, 0.717) is 23.8 Å². The summed E-state index contributed by atoms with van der Waals surface area (Å²) in [5, 5.41) is 5.82. The lowest BCUT2D eigenvalue weighted by atomic mass is 10.1. The number of nitrogens with one attached hydrogen (secondary N) is 2. The molecule has 0 spiro atoms. The van der Waals surface area contributed by atoms with Gasteiger partial charge in [0.2, 0.25) is 5.91 Å². The molecule has 6 heteroatoms. The average molecular weight is 361 g/mol. The quantitative estimate of drug-likeness (QED) is 0.781. The van der Waals surface area contributed by atoms with Gasteiger partial charge in [-0.1, -0.05) is 19.9 Å². The molecule has 1 heterocycles. The fourth-order valence-corrected chi connectivity index (χ4v) is 2.97. The van der Waals surface area contributed by atoms with Gasteiger partial charge in [0, 0.05) is 55.9 Å². The molecule has 2 N–H and O–H groups in total. The van der Waals surface area contributed by atoms with E-state index in [9.17, 15) is 9.59 Å². The largest absolute Gasteiger partial charge is 0.352 e. The Bertz CT molecular complexity index is 610. The molecule has 1 aromatic carbocycles. The average Bonchev–Trinajstić information content (AvgIpc) is 2.62. The number of likely N-dealkylation sites (N-methyl/N-ethyl adjacent to an activating group) is 1. The first-order valence-electron chi connectivity index (χ1n) is 9.48. The zero-order chi connectivity index (χ0) is 19.1. The summed E-state index contributed by atoms with van der Waals surface area (Å²) in [5.41, 5.74) is 1.22. The lowest BCUT2D eigenvalue weighted by molar-refractivity contribution is -0.118. The van der Waals surface area contributed by atoms with E-state index >= 15 is 0 Å². The minimum Gasteiger partial charge on any atom is -0.352 e. The number of carbonyl (C=O) groups is 2. The lowest BCUT2D eigenvalue weighted by Gasteiger charge is -2.36. The van der Waals surface area contributed by atoms with E-state index in [1.54, 1.807) is 24.3 Å². The van der Waals surface area contributed by atoms with Crippen LogP contribution >= 0.6 is 0 Å². The Morgan fingerprint density at radius 1 is 1.12 bits per heavy atom. The van der Waals surface area contributed by atoms with Gasteiger partial charge < -0.3 is 15.5 Å². The molecule has 1 unspecified atom stereocenters. The number of anilines is 1. The standard InChI is InChI=1S/C20H32N4O2/c1-15(2)19(25)22-18-7-5-6-17(14-18)20(26)21-9-8-16(3)24-12-10-23(4)11-13-24/h5-7,14-16H,8-13H2,1-4H3,(H,21,26)(H,22,25). The topological polar surface area (TPSA) is 64.7 Å². The highest BCUT2D eigenvalue weighted by molar-refractivity contribution is 5.97. The highest BCUT2D eigenvalue weighted by Crippen LogP contribution is 2.12. The number of benzene rings is 1. The number of carbonyl (C=O) groups excluding carboxylic acids is 2. The normalized spacial score (nSPS) is 17.1. The SMILES string of the molecule is CC(C)C(=O)Nc1cccc(C(=O)NCCC(C)N2CCN(C)CC2)c1.